The third kappa shape index (κ3) is 3.24. The van der Waals surface area contributed by atoms with Gasteiger partial charge in [-0.2, -0.15) is 0 Å². The van der Waals surface area contributed by atoms with Crippen molar-refractivity contribution in [3.63, 3.8) is 0 Å². The minimum absolute atomic E-state index is 0.0325. The molecule has 2 atom stereocenters. The van der Waals surface area contributed by atoms with E-state index in [1.165, 1.54) is 0 Å². The number of hydrogen-bond donors (Lipinski definition) is 1. The van der Waals surface area contributed by atoms with Crippen LogP contribution in [0, 0.1) is 5.92 Å². The van der Waals surface area contributed by atoms with Gasteiger partial charge in [-0.3, -0.25) is 19.6 Å². The molecule has 0 aliphatic carbocycles. The Hall–Kier alpha value is -2.02. The zero-order valence-electron chi connectivity index (χ0n) is 12.4. The standard InChI is InChI=1S/C15H20N4O3/c20-13-9-19(15(22)10-18-5-1-2-14(18)21)8-11(13)6-12-7-16-3-4-17-12/h3-4,7,11,13,20H,1-2,5-6,8-10H2/t11-,13-/m1/s1. The Balaban J connectivity index is 1.55. The van der Waals surface area contributed by atoms with Crippen molar-refractivity contribution in [2.75, 3.05) is 26.2 Å². The first-order valence-electron chi connectivity index (χ1n) is 7.62. The predicted molar refractivity (Wildman–Crippen MR) is 77.6 cm³/mol. The second-order valence-corrected chi connectivity index (χ2v) is 5.95. The van der Waals surface area contributed by atoms with Gasteiger partial charge < -0.3 is 14.9 Å². The van der Waals surface area contributed by atoms with Crippen LogP contribution in [0.25, 0.3) is 0 Å². The number of hydrogen-bond acceptors (Lipinski definition) is 5. The van der Waals surface area contributed by atoms with E-state index in [9.17, 15) is 14.7 Å². The summed E-state index contributed by atoms with van der Waals surface area (Å²) in [7, 11) is 0. The van der Waals surface area contributed by atoms with Gasteiger partial charge in [0.1, 0.15) is 0 Å². The van der Waals surface area contributed by atoms with Crippen molar-refractivity contribution >= 4 is 11.8 Å². The molecule has 1 N–H and O–H groups in total. The first-order chi connectivity index (χ1) is 10.6. The van der Waals surface area contributed by atoms with Crippen molar-refractivity contribution in [3.8, 4) is 0 Å². The molecule has 3 rings (SSSR count). The van der Waals surface area contributed by atoms with Gasteiger partial charge in [-0.1, -0.05) is 0 Å². The van der Waals surface area contributed by atoms with Gasteiger partial charge in [-0.15, -0.1) is 0 Å². The highest BCUT2D eigenvalue weighted by atomic mass is 16.3. The van der Waals surface area contributed by atoms with Gasteiger partial charge in [-0.25, -0.2) is 0 Å². The van der Waals surface area contributed by atoms with E-state index in [4.69, 9.17) is 0 Å². The maximum absolute atomic E-state index is 12.3. The molecule has 1 aromatic heterocycles. The highest BCUT2D eigenvalue weighted by molar-refractivity contribution is 5.86. The molecule has 2 aliphatic rings. The van der Waals surface area contributed by atoms with Crippen LogP contribution in [0.2, 0.25) is 0 Å². The van der Waals surface area contributed by atoms with Crippen molar-refractivity contribution in [2.45, 2.75) is 25.4 Å². The average molecular weight is 304 g/mol. The Morgan fingerprint density at radius 1 is 1.36 bits per heavy atom. The average Bonchev–Trinajstić information content (AvgIpc) is 3.07. The third-order valence-electron chi connectivity index (χ3n) is 4.34. The molecule has 0 unspecified atom stereocenters. The van der Waals surface area contributed by atoms with Crippen LogP contribution in [0.1, 0.15) is 18.5 Å². The molecule has 1 aromatic rings. The Morgan fingerprint density at radius 2 is 2.23 bits per heavy atom. The number of aliphatic hydroxyl groups excluding tert-OH is 1. The monoisotopic (exact) mass is 304 g/mol. The third-order valence-corrected chi connectivity index (χ3v) is 4.34. The Bertz CT molecular complexity index is 551. The van der Waals surface area contributed by atoms with Crippen molar-refractivity contribution in [3.05, 3.63) is 24.3 Å². The van der Waals surface area contributed by atoms with Crippen molar-refractivity contribution in [2.24, 2.45) is 5.92 Å². The summed E-state index contributed by atoms with van der Waals surface area (Å²) in [6.07, 6.45) is 6.31. The molecule has 0 radical (unpaired) electrons. The van der Waals surface area contributed by atoms with E-state index in [1.807, 2.05) is 0 Å². The molecule has 2 amide bonds. The first kappa shape index (κ1) is 14.9. The number of aromatic nitrogens is 2. The zero-order chi connectivity index (χ0) is 15.5. The minimum atomic E-state index is -0.555. The summed E-state index contributed by atoms with van der Waals surface area (Å²) in [5.41, 5.74) is 0.815. The molecular formula is C15H20N4O3. The number of carbonyl (C=O) groups excluding carboxylic acids is 2. The van der Waals surface area contributed by atoms with Crippen LogP contribution >= 0.6 is 0 Å². The van der Waals surface area contributed by atoms with Crippen LogP contribution in [0.3, 0.4) is 0 Å². The van der Waals surface area contributed by atoms with Crippen LogP contribution < -0.4 is 0 Å². The fourth-order valence-electron chi connectivity index (χ4n) is 3.10. The van der Waals surface area contributed by atoms with Gasteiger partial charge in [0.25, 0.3) is 0 Å². The van der Waals surface area contributed by atoms with Gasteiger partial charge in [0.15, 0.2) is 0 Å². The molecule has 0 spiro atoms. The molecule has 2 fully saturated rings. The number of β-amino-alcohol motifs (C(OH)–C–C–N with tert-alkyl or cyclic N) is 1. The van der Waals surface area contributed by atoms with Crippen LogP contribution in [-0.2, 0) is 16.0 Å². The quantitative estimate of drug-likeness (QED) is 0.807. The number of amides is 2. The largest absolute Gasteiger partial charge is 0.391 e. The predicted octanol–water partition coefficient (Wildman–Crippen LogP) is -0.539. The summed E-state index contributed by atoms with van der Waals surface area (Å²) >= 11 is 0. The van der Waals surface area contributed by atoms with Crippen LogP contribution in [0.5, 0.6) is 0 Å². The van der Waals surface area contributed by atoms with Crippen LogP contribution in [0.4, 0.5) is 0 Å². The number of carbonyl (C=O) groups is 2. The van der Waals surface area contributed by atoms with Crippen molar-refractivity contribution in [1.29, 1.82) is 0 Å². The number of likely N-dealkylation sites (tertiary alicyclic amines) is 2. The molecule has 0 saturated carbocycles. The lowest BCUT2D eigenvalue weighted by Crippen LogP contribution is -2.40. The first-order valence-corrected chi connectivity index (χ1v) is 7.62. The highest BCUT2D eigenvalue weighted by Crippen LogP contribution is 2.21. The van der Waals surface area contributed by atoms with E-state index in [2.05, 4.69) is 9.97 Å². The number of aliphatic hydroxyl groups is 1. The zero-order valence-corrected chi connectivity index (χ0v) is 12.4. The van der Waals surface area contributed by atoms with Crippen molar-refractivity contribution < 1.29 is 14.7 Å². The smallest absolute Gasteiger partial charge is 0.242 e. The Labute approximate surface area is 129 Å². The van der Waals surface area contributed by atoms with Gasteiger partial charge in [0, 0.05) is 50.6 Å². The van der Waals surface area contributed by atoms with E-state index in [0.717, 1.165) is 12.1 Å². The lowest BCUT2D eigenvalue weighted by atomic mass is 10.0. The summed E-state index contributed by atoms with van der Waals surface area (Å²) in [6.45, 7) is 1.61. The molecule has 3 heterocycles. The topological polar surface area (TPSA) is 86.6 Å². The van der Waals surface area contributed by atoms with Gasteiger partial charge in [0.2, 0.25) is 11.8 Å². The maximum Gasteiger partial charge on any atom is 0.242 e. The summed E-state index contributed by atoms with van der Waals surface area (Å²) in [6, 6.07) is 0. The Kier molecular flexibility index (Phi) is 4.33. The summed E-state index contributed by atoms with van der Waals surface area (Å²) in [5.74, 6) is -0.0740. The lowest BCUT2D eigenvalue weighted by molar-refractivity contribution is -0.137. The summed E-state index contributed by atoms with van der Waals surface area (Å²) in [5, 5.41) is 10.2. The van der Waals surface area contributed by atoms with E-state index in [1.54, 1.807) is 28.4 Å². The maximum atomic E-state index is 12.3. The minimum Gasteiger partial charge on any atom is -0.391 e. The van der Waals surface area contributed by atoms with Gasteiger partial charge in [0.05, 0.1) is 18.3 Å². The SMILES string of the molecule is O=C1CCCN1CC(=O)N1C[C@@H](Cc2cnccn2)[C@H](O)C1. The molecule has 0 aromatic carbocycles. The van der Waals surface area contributed by atoms with E-state index in [-0.39, 0.29) is 24.3 Å². The molecule has 22 heavy (non-hydrogen) atoms. The van der Waals surface area contributed by atoms with E-state index >= 15 is 0 Å². The van der Waals surface area contributed by atoms with Crippen LogP contribution in [0.15, 0.2) is 18.6 Å². The lowest BCUT2D eigenvalue weighted by Gasteiger charge is -2.21. The number of rotatable bonds is 4. The molecular weight excluding hydrogens is 284 g/mol. The fourth-order valence-corrected chi connectivity index (χ4v) is 3.10. The summed E-state index contributed by atoms with van der Waals surface area (Å²) in [4.78, 5) is 35.3. The second kappa shape index (κ2) is 6.39. The molecule has 2 aliphatic heterocycles. The second-order valence-electron chi connectivity index (χ2n) is 5.95. The van der Waals surface area contributed by atoms with Crippen molar-refractivity contribution in [1.82, 2.24) is 19.8 Å². The molecule has 7 nitrogen and oxygen atoms in total. The summed E-state index contributed by atoms with van der Waals surface area (Å²) < 4.78 is 0. The normalized spacial score (nSPS) is 25.0. The highest BCUT2D eigenvalue weighted by Gasteiger charge is 2.35. The van der Waals surface area contributed by atoms with E-state index < -0.39 is 6.10 Å². The van der Waals surface area contributed by atoms with Gasteiger partial charge >= 0.3 is 0 Å². The van der Waals surface area contributed by atoms with Crippen LogP contribution in [-0.4, -0.2) is 69.0 Å². The van der Waals surface area contributed by atoms with Gasteiger partial charge in [-0.05, 0) is 12.8 Å². The molecule has 7 heteroatoms. The fraction of sp³-hybridized carbons (Fsp3) is 0.600. The molecule has 118 valence electrons. The molecule has 2 saturated heterocycles. The Morgan fingerprint density at radius 3 is 2.91 bits per heavy atom. The molecule has 0 bridgehead atoms. The van der Waals surface area contributed by atoms with E-state index in [0.29, 0.717) is 32.5 Å². The number of nitrogens with zero attached hydrogens (tertiary/aromatic N) is 4.